The molecule has 0 unspecified atom stereocenters. The molecule has 0 bridgehead atoms. The van der Waals surface area contributed by atoms with Gasteiger partial charge in [-0.3, -0.25) is 4.79 Å². The number of halogens is 1. The van der Waals surface area contributed by atoms with Gasteiger partial charge in [0, 0.05) is 19.3 Å². The van der Waals surface area contributed by atoms with E-state index in [2.05, 4.69) is 32.7 Å². The summed E-state index contributed by atoms with van der Waals surface area (Å²) >= 11 is 0. The van der Waals surface area contributed by atoms with E-state index in [1.807, 2.05) is 18.2 Å². The highest BCUT2D eigenvalue weighted by atomic mass is 19.1. The molecule has 2 aromatic carbocycles. The van der Waals surface area contributed by atoms with Crippen LogP contribution in [0.25, 0.3) is 0 Å². The maximum absolute atomic E-state index is 12.9. The number of rotatable bonds is 8. The Morgan fingerprint density at radius 1 is 0.889 bits per heavy atom. The minimum absolute atomic E-state index is 0.259. The number of amides is 1. The number of hydrogen-bond acceptors (Lipinski definition) is 4. The zero-order valence-corrected chi connectivity index (χ0v) is 14.9. The molecule has 27 heavy (non-hydrogen) atoms. The molecule has 138 valence electrons. The van der Waals surface area contributed by atoms with Crippen molar-refractivity contribution in [1.82, 2.24) is 15.3 Å². The summed E-state index contributed by atoms with van der Waals surface area (Å²) in [6.45, 7) is 1.13. The second-order valence-corrected chi connectivity index (χ2v) is 6.06. The molecule has 0 saturated heterocycles. The van der Waals surface area contributed by atoms with Crippen LogP contribution in [-0.4, -0.2) is 29.0 Å². The van der Waals surface area contributed by atoms with Gasteiger partial charge in [0.25, 0.3) is 5.91 Å². The topological polar surface area (TPSA) is 66.9 Å². The normalized spacial score (nSPS) is 10.4. The highest BCUT2D eigenvalue weighted by molar-refractivity contribution is 5.92. The van der Waals surface area contributed by atoms with Gasteiger partial charge in [-0.15, -0.1) is 0 Å². The van der Waals surface area contributed by atoms with Crippen molar-refractivity contribution in [3.63, 3.8) is 0 Å². The SMILES string of the molecule is O=C(NCCc1ccc(F)cc1)c1ccnc(NCCc2ccccc2)n1. The van der Waals surface area contributed by atoms with E-state index in [1.54, 1.807) is 24.4 Å². The van der Waals surface area contributed by atoms with Crippen LogP contribution in [0, 0.1) is 5.82 Å². The zero-order chi connectivity index (χ0) is 18.9. The fourth-order valence-corrected chi connectivity index (χ4v) is 2.60. The Balaban J connectivity index is 1.47. The monoisotopic (exact) mass is 364 g/mol. The first-order valence-corrected chi connectivity index (χ1v) is 8.84. The van der Waals surface area contributed by atoms with Gasteiger partial charge >= 0.3 is 0 Å². The van der Waals surface area contributed by atoms with Crippen molar-refractivity contribution in [3.8, 4) is 0 Å². The predicted molar refractivity (Wildman–Crippen MR) is 103 cm³/mol. The van der Waals surface area contributed by atoms with E-state index in [-0.39, 0.29) is 11.7 Å². The van der Waals surface area contributed by atoms with E-state index in [0.717, 1.165) is 12.0 Å². The predicted octanol–water partition coefficient (Wildman–Crippen LogP) is 3.24. The summed E-state index contributed by atoms with van der Waals surface area (Å²) in [5.74, 6) is -0.0983. The molecule has 5 nitrogen and oxygen atoms in total. The molecular weight excluding hydrogens is 343 g/mol. The lowest BCUT2D eigenvalue weighted by molar-refractivity contribution is 0.0949. The van der Waals surface area contributed by atoms with E-state index < -0.39 is 0 Å². The summed E-state index contributed by atoms with van der Waals surface area (Å²) in [6.07, 6.45) is 3.03. The first-order valence-electron chi connectivity index (χ1n) is 8.84. The maximum atomic E-state index is 12.9. The van der Waals surface area contributed by atoms with Crippen LogP contribution >= 0.6 is 0 Å². The molecule has 0 spiro atoms. The molecule has 1 aromatic heterocycles. The Labute approximate surface area is 157 Å². The molecular formula is C21H21FN4O. The van der Waals surface area contributed by atoms with Crippen molar-refractivity contribution >= 4 is 11.9 Å². The van der Waals surface area contributed by atoms with Crippen LogP contribution in [-0.2, 0) is 12.8 Å². The molecule has 0 aliphatic heterocycles. The van der Waals surface area contributed by atoms with Gasteiger partial charge in [0.15, 0.2) is 0 Å². The molecule has 3 aromatic rings. The van der Waals surface area contributed by atoms with Crippen LogP contribution in [0.1, 0.15) is 21.6 Å². The van der Waals surface area contributed by atoms with E-state index in [1.165, 1.54) is 17.7 Å². The van der Waals surface area contributed by atoms with E-state index in [9.17, 15) is 9.18 Å². The van der Waals surface area contributed by atoms with Crippen molar-refractivity contribution in [2.24, 2.45) is 0 Å². The molecule has 3 rings (SSSR count). The van der Waals surface area contributed by atoms with Gasteiger partial charge < -0.3 is 10.6 Å². The van der Waals surface area contributed by atoms with Gasteiger partial charge in [0.1, 0.15) is 11.5 Å². The lowest BCUT2D eigenvalue weighted by atomic mass is 10.1. The van der Waals surface area contributed by atoms with Crippen LogP contribution in [0.5, 0.6) is 0 Å². The molecule has 0 saturated carbocycles. The van der Waals surface area contributed by atoms with Crippen molar-refractivity contribution < 1.29 is 9.18 Å². The zero-order valence-electron chi connectivity index (χ0n) is 14.9. The van der Waals surface area contributed by atoms with Gasteiger partial charge in [-0.2, -0.15) is 0 Å². The summed E-state index contributed by atoms with van der Waals surface area (Å²) in [4.78, 5) is 20.7. The molecule has 1 amide bonds. The summed E-state index contributed by atoms with van der Waals surface area (Å²) in [7, 11) is 0. The van der Waals surface area contributed by atoms with Gasteiger partial charge in [-0.25, -0.2) is 14.4 Å². The van der Waals surface area contributed by atoms with Crippen LogP contribution in [0.3, 0.4) is 0 Å². The Morgan fingerprint density at radius 3 is 2.37 bits per heavy atom. The van der Waals surface area contributed by atoms with Crippen molar-refractivity contribution in [2.75, 3.05) is 18.4 Å². The third-order valence-corrected chi connectivity index (χ3v) is 4.04. The van der Waals surface area contributed by atoms with Crippen molar-refractivity contribution in [3.05, 3.63) is 89.5 Å². The third kappa shape index (κ3) is 5.88. The number of carbonyl (C=O) groups is 1. The molecule has 0 aliphatic rings. The Kier molecular flexibility index (Phi) is 6.46. The molecule has 0 atom stereocenters. The molecule has 6 heteroatoms. The molecule has 0 aliphatic carbocycles. The standard InChI is InChI=1S/C21H21FN4O/c22-18-8-6-17(7-9-18)10-13-23-20(27)19-12-15-25-21(26-19)24-14-11-16-4-2-1-3-5-16/h1-9,12,15H,10-11,13-14H2,(H,23,27)(H,24,25,26). The lowest BCUT2D eigenvalue weighted by Crippen LogP contribution is -2.27. The second kappa shape index (κ2) is 9.43. The summed E-state index contributed by atoms with van der Waals surface area (Å²) in [6, 6.07) is 17.9. The number of nitrogens with zero attached hydrogens (tertiary/aromatic N) is 2. The fourth-order valence-electron chi connectivity index (χ4n) is 2.60. The van der Waals surface area contributed by atoms with E-state index >= 15 is 0 Å². The highest BCUT2D eigenvalue weighted by Gasteiger charge is 2.08. The number of aromatic nitrogens is 2. The smallest absolute Gasteiger partial charge is 0.270 e. The van der Waals surface area contributed by atoms with Crippen molar-refractivity contribution in [2.45, 2.75) is 12.8 Å². The highest BCUT2D eigenvalue weighted by Crippen LogP contribution is 2.05. The summed E-state index contributed by atoms with van der Waals surface area (Å²) < 4.78 is 12.9. The Morgan fingerprint density at radius 2 is 1.59 bits per heavy atom. The van der Waals surface area contributed by atoms with Gasteiger partial charge in [-0.05, 0) is 42.2 Å². The minimum atomic E-state index is -0.268. The fraction of sp³-hybridized carbons (Fsp3) is 0.190. The maximum Gasteiger partial charge on any atom is 0.270 e. The Hall–Kier alpha value is -3.28. The van der Waals surface area contributed by atoms with Gasteiger partial charge in [-0.1, -0.05) is 42.5 Å². The van der Waals surface area contributed by atoms with Crippen molar-refractivity contribution in [1.29, 1.82) is 0 Å². The number of carbonyl (C=O) groups excluding carboxylic acids is 1. The summed E-state index contributed by atoms with van der Waals surface area (Å²) in [5.41, 5.74) is 2.49. The molecule has 0 fully saturated rings. The molecule has 1 heterocycles. The Bertz CT molecular complexity index is 869. The van der Waals surface area contributed by atoms with Crippen LogP contribution in [0.4, 0.5) is 10.3 Å². The lowest BCUT2D eigenvalue weighted by Gasteiger charge is -2.08. The quantitative estimate of drug-likeness (QED) is 0.644. The average Bonchev–Trinajstić information content (AvgIpc) is 2.70. The van der Waals surface area contributed by atoms with E-state index in [4.69, 9.17) is 0 Å². The third-order valence-electron chi connectivity index (χ3n) is 4.04. The second-order valence-electron chi connectivity index (χ2n) is 6.06. The van der Waals surface area contributed by atoms with Crippen LogP contribution in [0.15, 0.2) is 66.9 Å². The van der Waals surface area contributed by atoms with Crippen LogP contribution in [0.2, 0.25) is 0 Å². The largest absolute Gasteiger partial charge is 0.354 e. The first kappa shape index (κ1) is 18.5. The minimum Gasteiger partial charge on any atom is -0.354 e. The average molecular weight is 364 g/mol. The van der Waals surface area contributed by atoms with E-state index in [0.29, 0.717) is 31.2 Å². The summed E-state index contributed by atoms with van der Waals surface area (Å²) in [5, 5.41) is 5.96. The first-order chi connectivity index (χ1) is 13.2. The van der Waals surface area contributed by atoms with Gasteiger partial charge in [0.05, 0.1) is 0 Å². The van der Waals surface area contributed by atoms with Gasteiger partial charge in [0.2, 0.25) is 5.95 Å². The number of benzene rings is 2. The molecule has 0 radical (unpaired) electrons. The molecule has 2 N–H and O–H groups in total. The number of nitrogens with one attached hydrogen (secondary N) is 2. The van der Waals surface area contributed by atoms with Crippen LogP contribution < -0.4 is 10.6 Å². The number of hydrogen-bond donors (Lipinski definition) is 2. The number of anilines is 1.